The molecule has 2 amide bonds. The van der Waals surface area contributed by atoms with Gasteiger partial charge in [0.15, 0.2) is 0 Å². The summed E-state index contributed by atoms with van der Waals surface area (Å²) in [6.45, 7) is -1.21. The lowest BCUT2D eigenvalue weighted by molar-refractivity contribution is -0.118. The van der Waals surface area contributed by atoms with E-state index in [4.69, 9.17) is 5.73 Å². The molecule has 178 valence electrons. The molecular formula is C23H24F2N6O3. The number of primary amides is 1. The summed E-state index contributed by atoms with van der Waals surface area (Å²) in [5.74, 6) is -0.563. The average molecular weight is 470 g/mol. The van der Waals surface area contributed by atoms with Crippen molar-refractivity contribution < 1.29 is 23.1 Å². The molecule has 1 aromatic heterocycles. The molecule has 0 fully saturated rings. The number of aromatic nitrogens is 2. The first-order chi connectivity index (χ1) is 16.3. The second-order valence-corrected chi connectivity index (χ2v) is 7.24. The van der Waals surface area contributed by atoms with Crippen molar-refractivity contribution in [1.82, 2.24) is 15.3 Å². The minimum Gasteiger partial charge on any atom is -0.434 e. The van der Waals surface area contributed by atoms with Crippen LogP contribution in [0.4, 0.5) is 20.4 Å². The molecule has 0 saturated carbocycles. The van der Waals surface area contributed by atoms with Crippen LogP contribution in [0, 0.1) is 0 Å². The van der Waals surface area contributed by atoms with E-state index in [0.717, 1.165) is 0 Å². The van der Waals surface area contributed by atoms with Gasteiger partial charge >= 0.3 is 6.61 Å². The predicted molar refractivity (Wildman–Crippen MR) is 124 cm³/mol. The summed E-state index contributed by atoms with van der Waals surface area (Å²) in [5, 5.41) is 8.50. The van der Waals surface area contributed by atoms with Crippen molar-refractivity contribution in [3.8, 4) is 16.9 Å². The normalized spacial score (nSPS) is 11.6. The molecule has 2 aromatic carbocycles. The minimum atomic E-state index is -2.95. The van der Waals surface area contributed by atoms with Crippen molar-refractivity contribution in [3.05, 3.63) is 66.0 Å². The molecule has 11 heteroatoms. The van der Waals surface area contributed by atoms with Crippen LogP contribution >= 0.6 is 0 Å². The van der Waals surface area contributed by atoms with E-state index in [0.29, 0.717) is 27.9 Å². The number of carbonyl (C=O) groups is 2. The lowest BCUT2D eigenvalue weighted by Gasteiger charge is -2.15. The van der Waals surface area contributed by atoms with E-state index in [-0.39, 0.29) is 24.1 Å². The first-order valence-corrected chi connectivity index (χ1v) is 10.3. The molecule has 3 aromatic rings. The number of para-hydroxylation sites is 1. The van der Waals surface area contributed by atoms with Gasteiger partial charge in [-0.3, -0.25) is 9.59 Å². The number of ether oxygens (including phenoxy) is 1. The van der Waals surface area contributed by atoms with Crippen LogP contribution in [0.25, 0.3) is 11.1 Å². The molecule has 0 aliphatic carbocycles. The third-order valence-corrected chi connectivity index (χ3v) is 4.91. The maximum absolute atomic E-state index is 12.7. The Labute approximate surface area is 194 Å². The molecule has 5 N–H and O–H groups in total. The van der Waals surface area contributed by atoms with Gasteiger partial charge in [-0.25, -0.2) is 9.97 Å². The van der Waals surface area contributed by atoms with Gasteiger partial charge in [0.2, 0.25) is 11.9 Å². The van der Waals surface area contributed by atoms with E-state index in [1.165, 1.54) is 13.1 Å². The Hall–Kier alpha value is -4.28. The van der Waals surface area contributed by atoms with Crippen LogP contribution in [-0.4, -0.2) is 41.5 Å². The number of carbonyl (C=O) groups excluding carboxylic acids is 2. The van der Waals surface area contributed by atoms with Crippen LogP contribution in [0.2, 0.25) is 0 Å². The number of nitrogens with two attached hydrogens (primary N) is 1. The van der Waals surface area contributed by atoms with Crippen LogP contribution < -0.4 is 26.4 Å². The summed E-state index contributed by atoms with van der Waals surface area (Å²) < 4.78 is 30.0. The summed E-state index contributed by atoms with van der Waals surface area (Å²) in [6.07, 6.45) is 3.13. The van der Waals surface area contributed by atoms with E-state index < -0.39 is 18.6 Å². The van der Waals surface area contributed by atoms with Crippen LogP contribution in [0.5, 0.6) is 5.75 Å². The van der Waals surface area contributed by atoms with Crippen LogP contribution in [0.15, 0.2) is 54.9 Å². The molecule has 0 saturated heterocycles. The lowest BCUT2D eigenvalue weighted by Crippen LogP contribution is -2.33. The third kappa shape index (κ3) is 6.15. The topological polar surface area (TPSA) is 131 Å². The summed E-state index contributed by atoms with van der Waals surface area (Å²) in [4.78, 5) is 32.0. The van der Waals surface area contributed by atoms with Crippen molar-refractivity contribution in [3.63, 3.8) is 0 Å². The average Bonchev–Trinajstić information content (AvgIpc) is 2.83. The molecule has 0 aliphatic heterocycles. The Morgan fingerprint density at radius 3 is 2.44 bits per heavy atom. The van der Waals surface area contributed by atoms with Gasteiger partial charge in [-0.2, -0.15) is 8.78 Å². The fraction of sp³-hybridized carbons (Fsp3) is 0.217. The first kappa shape index (κ1) is 24.4. The highest BCUT2D eigenvalue weighted by Gasteiger charge is 2.15. The molecule has 34 heavy (non-hydrogen) atoms. The van der Waals surface area contributed by atoms with E-state index >= 15 is 0 Å². The quantitative estimate of drug-likeness (QED) is 0.358. The zero-order valence-corrected chi connectivity index (χ0v) is 18.5. The highest BCUT2D eigenvalue weighted by atomic mass is 19.3. The molecule has 0 spiro atoms. The summed E-state index contributed by atoms with van der Waals surface area (Å²) in [6, 6.07) is 10.9. The number of hydrogen-bond donors (Lipinski definition) is 4. The fourth-order valence-corrected chi connectivity index (χ4v) is 3.07. The van der Waals surface area contributed by atoms with Crippen molar-refractivity contribution in [2.45, 2.75) is 26.1 Å². The Kier molecular flexibility index (Phi) is 7.91. The Morgan fingerprint density at radius 1 is 1.09 bits per heavy atom. The van der Waals surface area contributed by atoms with Gasteiger partial charge < -0.3 is 26.4 Å². The van der Waals surface area contributed by atoms with Crippen molar-refractivity contribution in [1.29, 1.82) is 0 Å². The van der Waals surface area contributed by atoms with E-state index in [2.05, 4.69) is 30.7 Å². The number of halogens is 2. The van der Waals surface area contributed by atoms with Crippen LogP contribution in [0.3, 0.4) is 0 Å². The standard InChI is InChI=1S/C23H24F2N6O3/c1-13(20(26)32)31-23-29-11-16(12-30-23)14-7-8-17(21(33)27-2)18(9-14)28-10-15-5-3-4-6-19(15)34-22(24)25/h3-9,11-13,22,28H,10H2,1-2H3,(H2,26,32)(H,27,33)(H,29,30,31). The van der Waals surface area contributed by atoms with Gasteiger partial charge in [0.1, 0.15) is 11.8 Å². The maximum Gasteiger partial charge on any atom is 0.387 e. The molecule has 9 nitrogen and oxygen atoms in total. The van der Waals surface area contributed by atoms with Crippen molar-refractivity contribution in [2.24, 2.45) is 5.73 Å². The number of nitrogens with zero attached hydrogens (tertiary/aromatic N) is 2. The van der Waals surface area contributed by atoms with Gasteiger partial charge in [0.05, 0.1) is 5.56 Å². The van der Waals surface area contributed by atoms with Gasteiger partial charge in [0.25, 0.3) is 5.91 Å². The zero-order chi connectivity index (χ0) is 24.7. The summed E-state index contributed by atoms with van der Waals surface area (Å²) in [5.41, 5.74) is 7.95. The highest BCUT2D eigenvalue weighted by molar-refractivity contribution is 6.00. The first-order valence-electron chi connectivity index (χ1n) is 10.3. The summed E-state index contributed by atoms with van der Waals surface area (Å²) in [7, 11) is 1.51. The van der Waals surface area contributed by atoms with E-state index in [9.17, 15) is 18.4 Å². The Morgan fingerprint density at radius 2 is 1.79 bits per heavy atom. The largest absolute Gasteiger partial charge is 0.434 e. The monoisotopic (exact) mass is 470 g/mol. The van der Waals surface area contributed by atoms with E-state index in [1.807, 2.05) is 0 Å². The summed E-state index contributed by atoms with van der Waals surface area (Å²) >= 11 is 0. The Bertz CT molecular complexity index is 1160. The maximum atomic E-state index is 12.7. The molecule has 1 unspecified atom stereocenters. The van der Waals surface area contributed by atoms with Crippen molar-refractivity contribution >= 4 is 23.5 Å². The van der Waals surface area contributed by atoms with Gasteiger partial charge in [-0.1, -0.05) is 24.3 Å². The molecule has 1 heterocycles. The van der Waals surface area contributed by atoms with Crippen LogP contribution in [0.1, 0.15) is 22.8 Å². The highest BCUT2D eigenvalue weighted by Crippen LogP contribution is 2.27. The number of nitrogens with one attached hydrogen (secondary N) is 3. The SMILES string of the molecule is CNC(=O)c1ccc(-c2cnc(NC(C)C(N)=O)nc2)cc1NCc1ccccc1OC(F)F. The van der Waals surface area contributed by atoms with Gasteiger partial charge in [0, 0.05) is 42.8 Å². The third-order valence-electron chi connectivity index (χ3n) is 4.91. The molecule has 3 rings (SSSR count). The van der Waals surface area contributed by atoms with Gasteiger partial charge in [-0.05, 0) is 30.7 Å². The fourth-order valence-electron chi connectivity index (χ4n) is 3.07. The minimum absolute atomic E-state index is 0.0457. The van der Waals surface area contributed by atoms with Gasteiger partial charge in [-0.15, -0.1) is 0 Å². The Balaban J connectivity index is 1.86. The predicted octanol–water partition coefficient (Wildman–Crippen LogP) is 3.00. The smallest absolute Gasteiger partial charge is 0.387 e. The molecule has 0 bridgehead atoms. The lowest BCUT2D eigenvalue weighted by atomic mass is 10.0. The number of hydrogen-bond acceptors (Lipinski definition) is 7. The number of alkyl halides is 2. The number of benzene rings is 2. The number of amides is 2. The second kappa shape index (κ2) is 11.0. The molecular weight excluding hydrogens is 446 g/mol. The molecule has 1 atom stereocenters. The number of rotatable bonds is 10. The zero-order valence-electron chi connectivity index (χ0n) is 18.5. The number of anilines is 2. The molecule has 0 aliphatic rings. The second-order valence-electron chi connectivity index (χ2n) is 7.24. The molecule has 0 radical (unpaired) electrons. The van der Waals surface area contributed by atoms with Crippen LogP contribution in [-0.2, 0) is 11.3 Å². The van der Waals surface area contributed by atoms with Crippen molar-refractivity contribution in [2.75, 3.05) is 17.7 Å². The van der Waals surface area contributed by atoms with E-state index in [1.54, 1.807) is 55.7 Å².